The van der Waals surface area contributed by atoms with Gasteiger partial charge in [-0.05, 0) is 11.6 Å². The normalized spacial score (nSPS) is 22.3. The Bertz CT molecular complexity index is 622. The van der Waals surface area contributed by atoms with Crippen LogP contribution in [0.3, 0.4) is 0 Å². The van der Waals surface area contributed by atoms with Crippen molar-refractivity contribution in [3.63, 3.8) is 0 Å². The van der Waals surface area contributed by atoms with E-state index in [4.69, 9.17) is 10.8 Å². The zero-order valence-electron chi connectivity index (χ0n) is 10.2. The molecule has 2 heterocycles. The Hall–Kier alpha value is -1.96. The number of imidazole rings is 1. The number of hydrogen-bond acceptors (Lipinski definition) is 5. The van der Waals surface area contributed by atoms with Crippen LogP contribution in [0.25, 0.3) is 11.0 Å². The van der Waals surface area contributed by atoms with Gasteiger partial charge in [0.15, 0.2) is 5.82 Å². The number of anilines is 1. The van der Waals surface area contributed by atoms with Crippen molar-refractivity contribution < 1.29 is 15.7 Å². The molecule has 6 N–H and O–H groups in total. The summed E-state index contributed by atoms with van der Waals surface area (Å²) in [6.07, 6.45) is 5.16. The van der Waals surface area contributed by atoms with Crippen molar-refractivity contribution in [2.24, 2.45) is 0 Å². The maximum atomic E-state index is 9.79. The van der Waals surface area contributed by atoms with Gasteiger partial charge in [-0.15, -0.1) is 0 Å². The van der Waals surface area contributed by atoms with Crippen molar-refractivity contribution in [3.8, 4) is 0 Å². The van der Waals surface area contributed by atoms with Crippen molar-refractivity contribution in [1.29, 1.82) is 0 Å². The number of hydrogen-bond donors (Lipinski definition) is 3. The van der Waals surface area contributed by atoms with E-state index in [9.17, 15) is 5.11 Å². The Balaban J connectivity index is 0.00000133. The van der Waals surface area contributed by atoms with Crippen LogP contribution < -0.4 is 5.73 Å². The zero-order valence-corrected chi connectivity index (χ0v) is 10.2. The minimum atomic E-state index is -0.586. The van der Waals surface area contributed by atoms with Gasteiger partial charge in [0.05, 0.1) is 30.6 Å². The van der Waals surface area contributed by atoms with Crippen LogP contribution in [0, 0.1) is 0 Å². The molecule has 0 spiro atoms. The molecular formula is C12H16N4O3. The first-order valence-electron chi connectivity index (χ1n) is 5.77. The highest BCUT2D eigenvalue weighted by molar-refractivity contribution is 5.84. The van der Waals surface area contributed by atoms with Gasteiger partial charge in [0.2, 0.25) is 0 Å². The smallest absolute Gasteiger partial charge is 0.151 e. The fourth-order valence-corrected chi connectivity index (χ4v) is 2.40. The number of allylic oxidation sites excluding steroid dienone is 1. The fraction of sp³-hybridized carbons (Fsp3) is 0.333. The number of fused-ring (bicyclic) bond motifs is 1. The van der Waals surface area contributed by atoms with Crippen LogP contribution in [0.1, 0.15) is 12.5 Å². The van der Waals surface area contributed by atoms with Gasteiger partial charge < -0.3 is 26.0 Å². The van der Waals surface area contributed by atoms with Gasteiger partial charge in [-0.2, -0.15) is 0 Å². The second kappa shape index (κ2) is 4.96. The number of nitrogens with two attached hydrogens (primary N) is 1. The van der Waals surface area contributed by atoms with Gasteiger partial charge in [0, 0.05) is 12.6 Å². The number of nitrogens with zero attached hydrogens (tertiary/aromatic N) is 3. The highest BCUT2D eigenvalue weighted by Crippen LogP contribution is 2.31. The van der Waals surface area contributed by atoms with Crippen molar-refractivity contribution in [2.75, 3.05) is 12.3 Å². The third-order valence-electron chi connectivity index (χ3n) is 3.36. The van der Waals surface area contributed by atoms with Crippen molar-refractivity contribution in [1.82, 2.24) is 14.5 Å². The van der Waals surface area contributed by atoms with Gasteiger partial charge in [-0.3, -0.25) is 0 Å². The lowest BCUT2D eigenvalue weighted by atomic mass is 10.2. The van der Waals surface area contributed by atoms with Crippen molar-refractivity contribution in [2.45, 2.75) is 18.6 Å². The SMILES string of the molecule is Nc1nccc2c1ncn2[C@@H]1C=C(CO)C(O)C1.O. The topological polar surface area (TPSA) is 129 Å². The van der Waals surface area contributed by atoms with Gasteiger partial charge >= 0.3 is 0 Å². The molecule has 2 atom stereocenters. The Kier molecular flexibility index (Phi) is 3.52. The van der Waals surface area contributed by atoms with Crippen LogP contribution in [0.5, 0.6) is 0 Å². The number of aliphatic hydroxyl groups is 2. The van der Waals surface area contributed by atoms with E-state index in [0.717, 1.165) is 5.52 Å². The third-order valence-corrected chi connectivity index (χ3v) is 3.36. The fourth-order valence-electron chi connectivity index (χ4n) is 2.40. The summed E-state index contributed by atoms with van der Waals surface area (Å²) >= 11 is 0. The Labute approximate surface area is 109 Å². The molecule has 7 heteroatoms. The monoisotopic (exact) mass is 264 g/mol. The van der Waals surface area contributed by atoms with Crippen LogP contribution >= 0.6 is 0 Å². The standard InChI is InChI=1S/C12H14N4O2.H2O/c13-12-11-9(1-2-14-12)16(6-15-11)8-3-7(5-17)10(18)4-8;/h1-3,6,8,10,17-18H,4-5H2,(H2,13,14);1H2/t8-,10?;/m1./s1. The molecule has 1 aliphatic carbocycles. The van der Waals surface area contributed by atoms with Crippen LogP contribution in [-0.2, 0) is 0 Å². The summed E-state index contributed by atoms with van der Waals surface area (Å²) in [5.74, 6) is 0.399. The van der Waals surface area contributed by atoms with E-state index >= 15 is 0 Å². The molecule has 7 nitrogen and oxygen atoms in total. The zero-order chi connectivity index (χ0) is 12.7. The van der Waals surface area contributed by atoms with E-state index in [0.29, 0.717) is 23.3 Å². The second-order valence-electron chi connectivity index (χ2n) is 4.43. The summed E-state index contributed by atoms with van der Waals surface area (Å²) in [5.41, 5.74) is 7.96. The predicted octanol–water partition coefficient (Wildman–Crippen LogP) is -0.587. The first-order valence-corrected chi connectivity index (χ1v) is 5.77. The van der Waals surface area contributed by atoms with Crippen molar-refractivity contribution in [3.05, 3.63) is 30.2 Å². The van der Waals surface area contributed by atoms with Gasteiger partial charge in [0.25, 0.3) is 0 Å². The second-order valence-corrected chi connectivity index (χ2v) is 4.43. The van der Waals surface area contributed by atoms with Gasteiger partial charge in [-0.1, -0.05) is 6.08 Å². The molecule has 3 rings (SSSR count). The molecule has 0 amide bonds. The summed E-state index contributed by atoms with van der Waals surface area (Å²) in [6.45, 7) is -0.117. The van der Waals surface area contributed by atoms with Crippen LogP contribution in [0.4, 0.5) is 5.82 Å². The number of pyridine rings is 1. The minimum absolute atomic E-state index is 0. The average molecular weight is 264 g/mol. The van der Waals surface area contributed by atoms with Crippen LogP contribution in [0.2, 0.25) is 0 Å². The van der Waals surface area contributed by atoms with E-state index in [1.165, 1.54) is 0 Å². The van der Waals surface area contributed by atoms with E-state index < -0.39 is 6.10 Å². The highest BCUT2D eigenvalue weighted by atomic mass is 16.3. The maximum Gasteiger partial charge on any atom is 0.151 e. The van der Waals surface area contributed by atoms with E-state index in [1.54, 1.807) is 12.5 Å². The van der Waals surface area contributed by atoms with Crippen molar-refractivity contribution >= 4 is 16.9 Å². The van der Waals surface area contributed by atoms with Crippen LogP contribution in [-0.4, -0.2) is 42.9 Å². The summed E-state index contributed by atoms with van der Waals surface area (Å²) in [6, 6.07) is 1.84. The minimum Gasteiger partial charge on any atom is -0.412 e. The molecule has 2 aromatic heterocycles. The number of rotatable bonds is 2. The highest BCUT2D eigenvalue weighted by Gasteiger charge is 2.26. The summed E-state index contributed by atoms with van der Waals surface area (Å²) in [5, 5.41) is 18.9. The van der Waals surface area contributed by atoms with Gasteiger partial charge in [-0.25, -0.2) is 9.97 Å². The number of aromatic nitrogens is 3. The molecule has 19 heavy (non-hydrogen) atoms. The molecule has 102 valence electrons. The van der Waals surface area contributed by atoms with Crippen LogP contribution in [0.15, 0.2) is 30.2 Å². The molecule has 0 bridgehead atoms. The Morgan fingerprint density at radius 1 is 1.42 bits per heavy atom. The molecule has 2 aromatic rings. The van der Waals surface area contributed by atoms with E-state index in [1.807, 2.05) is 16.7 Å². The number of aliphatic hydroxyl groups excluding tert-OH is 2. The maximum absolute atomic E-state index is 9.79. The lowest BCUT2D eigenvalue weighted by Gasteiger charge is -2.11. The largest absolute Gasteiger partial charge is 0.412 e. The quantitative estimate of drug-likeness (QED) is 0.624. The Morgan fingerprint density at radius 3 is 2.89 bits per heavy atom. The average Bonchev–Trinajstić information content (AvgIpc) is 2.93. The molecular weight excluding hydrogens is 248 g/mol. The molecule has 0 radical (unpaired) electrons. The lowest BCUT2D eigenvalue weighted by Crippen LogP contribution is -2.10. The predicted molar refractivity (Wildman–Crippen MR) is 70.4 cm³/mol. The third kappa shape index (κ3) is 2.07. The molecule has 1 aliphatic rings. The van der Waals surface area contributed by atoms with Gasteiger partial charge in [0.1, 0.15) is 5.52 Å². The molecule has 0 aromatic carbocycles. The molecule has 0 saturated carbocycles. The van der Waals surface area contributed by atoms with E-state index in [-0.39, 0.29) is 18.1 Å². The lowest BCUT2D eigenvalue weighted by molar-refractivity contribution is 0.182. The summed E-state index contributed by atoms with van der Waals surface area (Å²) in [4.78, 5) is 8.23. The molecule has 0 aliphatic heterocycles. The first-order chi connectivity index (χ1) is 8.70. The number of nitrogen functional groups attached to an aromatic ring is 1. The molecule has 0 fully saturated rings. The Morgan fingerprint density at radius 2 is 2.21 bits per heavy atom. The first kappa shape index (κ1) is 13.5. The molecule has 1 unspecified atom stereocenters. The summed E-state index contributed by atoms with van der Waals surface area (Å²) in [7, 11) is 0. The molecule has 0 saturated heterocycles. The van der Waals surface area contributed by atoms with E-state index in [2.05, 4.69) is 9.97 Å². The summed E-state index contributed by atoms with van der Waals surface area (Å²) < 4.78 is 1.94.